The molecule has 152 valence electrons. The van der Waals surface area contributed by atoms with E-state index in [1.54, 1.807) is 0 Å². The third-order valence-electron chi connectivity index (χ3n) is 4.09. The standard InChI is InChI=1S/C18H22N2O7S/c1-27-10-2-9-19-28(25,26)14-6-4-13(5-7-14)20-16-11-12(17(21)22)3-8-15(16)18(23)24/h3-7,19-20H,2,8-11H2,1H3,(H,21,22)(H,23,24). The average Bonchev–Trinajstić information content (AvgIpc) is 2.65. The molecule has 0 spiro atoms. The zero-order valence-electron chi connectivity index (χ0n) is 15.3. The van der Waals surface area contributed by atoms with Crippen molar-refractivity contribution in [3.63, 3.8) is 0 Å². The van der Waals surface area contributed by atoms with E-state index >= 15 is 0 Å². The molecular weight excluding hydrogens is 388 g/mol. The predicted octanol–water partition coefficient (Wildman–Crippen LogP) is 1.56. The maximum atomic E-state index is 12.2. The highest BCUT2D eigenvalue weighted by Crippen LogP contribution is 2.27. The number of hydrogen-bond donors (Lipinski definition) is 4. The number of carbonyl (C=O) groups is 2. The normalized spacial score (nSPS) is 14.5. The molecule has 0 heterocycles. The second-order valence-electron chi connectivity index (χ2n) is 6.07. The minimum absolute atomic E-state index is 0.00282. The van der Waals surface area contributed by atoms with E-state index in [-0.39, 0.29) is 41.1 Å². The fraction of sp³-hybridized carbons (Fsp3) is 0.333. The summed E-state index contributed by atoms with van der Waals surface area (Å²) in [5, 5.41) is 21.3. The maximum absolute atomic E-state index is 12.2. The van der Waals surface area contributed by atoms with Gasteiger partial charge in [0.05, 0.1) is 10.5 Å². The van der Waals surface area contributed by atoms with Gasteiger partial charge in [-0.1, -0.05) is 6.08 Å². The lowest BCUT2D eigenvalue weighted by molar-refractivity contribution is -0.134. The first-order chi connectivity index (χ1) is 13.2. The van der Waals surface area contributed by atoms with Gasteiger partial charge in [-0.25, -0.2) is 22.7 Å². The highest BCUT2D eigenvalue weighted by molar-refractivity contribution is 7.89. The Morgan fingerprint density at radius 2 is 1.82 bits per heavy atom. The molecule has 1 aromatic rings. The van der Waals surface area contributed by atoms with Crippen LogP contribution >= 0.6 is 0 Å². The lowest BCUT2D eigenvalue weighted by Crippen LogP contribution is -2.25. The zero-order valence-corrected chi connectivity index (χ0v) is 16.1. The van der Waals surface area contributed by atoms with Crippen LogP contribution in [0.1, 0.15) is 19.3 Å². The third-order valence-corrected chi connectivity index (χ3v) is 5.57. The molecule has 28 heavy (non-hydrogen) atoms. The maximum Gasteiger partial charge on any atom is 0.333 e. The van der Waals surface area contributed by atoms with Crippen LogP contribution in [-0.4, -0.2) is 50.8 Å². The summed E-state index contributed by atoms with van der Waals surface area (Å²) < 4.78 is 31.8. The van der Waals surface area contributed by atoms with Crippen molar-refractivity contribution in [3.8, 4) is 0 Å². The number of anilines is 1. The Balaban J connectivity index is 2.12. The molecule has 0 aliphatic heterocycles. The molecule has 0 saturated heterocycles. The number of aliphatic carboxylic acids is 2. The molecule has 10 heteroatoms. The van der Waals surface area contributed by atoms with Crippen LogP contribution in [-0.2, 0) is 24.3 Å². The molecule has 1 aliphatic rings. The number of carboxylic acid groups (broad SMARTS) is 2. The first-order valence-corrected chi connectivity index (χ1v) is 9.96. The molecule has 0 bridgehead atoms. The van der Waals surface area contributed by atoms with E-state index in [9.17, 15) is 23.1 Å². The number of allylic oxidation sites excluding steroid dienone is 2. The monoisotopic (exact) mass is 410 g/mol. The second kappa shape index (κ2) is 9.49. The SMILES string of the molecule is COCCCNS(=O)(=O)c1ccc(NC2=C(C(=O)O)CC=C(C(=O)O)C2)cc1. The first kappa shape index (κ1) is 21.6. The molecular formula is C18H22N2O7S. The Kier molecular flexibility index (Phi) is 7.32. The zero-order chi connectivity index (χ0) is 20.7. The van der Waals surface area contributed by atoms with Crippen molar-refractivity contribution in [2.45, 2.75) is 24.2 Å². The van der Waals surface area contributed by atoms with Crippen molar-refractivity contribution in [1.29, 1.82) is 0 Å². The summed E-state index contributed by atoms with van der Waals surface area (Å²) in [5.74, 6) is -2.24. The Morgan fingerprint density at radius 1 is 1.14 bits per heavy atom. The molecule has 1 aromatic carbocycles. The molecule has 2 rings (SSSR count). The van der Waals surface area contributed by atoms with E-state index in [4.69, 9.17) is 9.84 Å². The molecule has 4 N–H and O–H groups in total. The van der Waals surface area contributed by atoms with Crippen LogP contribution < -0.4 is 10.0 Å². The first-order valence-electron chi connectivity index (χ1n) is 8.48. The van der Waals surface area contributed by atoms with Gasteiger partial charge in [0, 0.05) is 50.1 Å². The Labute approximate surface area is 162 Å². The van der Waals surface area contributed by atoms with E-state index in [0.29, 0.717) is 18.7 Å². The Morgan fingerprint density at radius 3 is 2.39 bits per heavy atom. The van der Waals surface area contributed by atoms with Crippen molar-refractivity contribution in [1.82, 2.24) is 4.72 Å². The topological polar surface area (TPSA) is 142 Å². The van der Waals surface area contributed by atoms with Crippen molar-refractivity contribution < 1.29 is 33.0 Å². The average molecular weight is 410 g/mol. The molecule has 1 aliphatic carbocycles. The largest absolute Gasteiger partial charge is 0.478 e. The molecule has 0 atom stereocenters. The molecule has 9 nitrogen and oxygen atoms in total. The van der Waals surface area contributed by atoms with Gasteiger partial charge >= 0.3 is 11.9 Å². The quantitative estimate of drug-likeness (QED) is 0.426. The number of carboxylic acids is 2. The van der Waals surface area contributed by atoms with Gasteiger partial charge in [-0.15, -0.1) is 0 Å². The summed E-state index contributed by atoms with van der Waals surface area (Å²) in [7, 11) is -2.13. The van der Waals surface area contributed by atoms with Crippen LogP contribution in [0.25, 0.3) is 0 Å². The summed E-state index contributed by atoms with van der Waals surface area (Å²) in [6.07, 6.45) is 1.86. The molecule has 0 unspecified atom stereocenters. The summed E-state index contributed by atoms with van der Waals surface area (Å²) >= 11 is 0. The van der Waals surface area contributed by atoms with Gasteiger partial charge in [-0.2, -0.15) is 0 Å². The van der Waals surface area contributed by atoms with Crippen LogP contribution in [0, 0.1) is 0 Å². The number of ether oxygens (including phenoxy) is 1. The van der Waals surface area contributed by atoms with E-state index in [2.05, 4.69) is 10.0 Å². The van der Waals surface area contributed by atoms with Gasteiger partial charge in [0.15, 0.2) is 0 Å². The molecule has 0 saturated carbocycles. The summed E-state index contributed by atoms with van der Waals surface area (Å²) in [6.45, 7) is 0.689. The van der Waals surface area contributed by atoms with Gasteiger partial charge in [0.2, 0.25) is 10.0 Å². The predicted molar refractivity (Wildman–Crippen MR) is 101 cm³/mol. The van der Waals surface area contributed by atoms with Crippen LogP contribution in [0.3, 0.4) is 0 Å². The Hall–Kier alpha value is -2.69. The molecule has 0 aromatic heterocycles. The van der Waals surface area contributed by atoms with E-state index < -0.39 is 22.0 Å². The van der Waals surface area contributed by atoms with Crippen LogP contribution in [0.2, 0.25) is 0 Å². The van der Waals surface area contributed by atoms with Crippen molar-refractivity contribution in [2.24, 2.45) is 0 Å². The number of rotatable bonds is 10. The molecule has 0 fully saturated rings. The highest BCUT2D eigenvalue weighted by Gasteiger charge is 2.23. The van der Waals surface area contributed by atoms with Gasteiger partial charge in [-0.05, 0) is 30.7 Å². The van der Waals surface area contributed by atoms with Crippen molar-refractivity contribution in [2.75, 3.05) is 25.6 Å². The lowest BCUT2D eigenvalue weighted by Gasteiger charge is -2.19. The van der Waals surface area contributed by atoms with E-state index in [1.165, 1.54) is 37.5 Å². The van der Waals surface area contributed by atoms with Crippen LogP contribution in [0.5, 0.6) is 0 Å². The number of nitrogens with one attached hydrogen (secondary N) is 2. The fourth-order valence-electron chi connectivity index (χ4n) is 2.61. The van der Waals surface area contributed by atoms with Gasteiger partial charge in [0.1, 0.15) is 0 Å². The number of methoxy groups -OCH3 is 1. The van der Waals surface area contributed by atoms with Gasteiger partial charge in [-0.3, -0.25) is 0 Å². The van der Waals surface area contributed by atoms with E-state index in [1.807, 2.05) is 0 Å². The fourth-order valence-corrected chi connectivity index (χ4v) is 3.69. The smallest absolute Gasteiger partial charge is 0.333 e. The molecule has 0 radical (unpaired) electrons. The van der Waals surface area contributed by atoms with Crippen LogP contribution in [0.15, 0.2) is 52.1 Å². The van der Waals surface area contributed by atoms with Crippen LogP contribution in [0.4, 0.5) is 5.69 Å². The summed E-state index contributed by atoms with van der Waals surface area (Å²) in [5.41, 5.74) is 0.896. The van der Waals surface area contributed by atoms with Gasteiger partial charge < -0.3 is 20.3 Å². The number of hydrogen-bond acceptors (Lipinski definition) is 6. The lowest BCUT2D eigenvalue weighted by atomic mass is 9.96. The molecule has 0 amide bonds. The van der Waals surface area contributed by atoms with Gasteiger partial charge in [0.25, 0.3) is 0 Å². The Bertz CT molecular complexity index is 902. The van der Waals surface area contributed by atoms with Crippen molar-refractivity contribution >= 4 is 27.6 Å². The summed E-state index contributed by atoms with van der Waals surface area (Å²) in [6, 6.07) is 5.77. The van der Waals surface area contributed by atoms with E-state index in [0.717, 1.165) is 0 Å². The minimum Gasteiger partial charge on any atom is -0.478 e. The third kappa shape index (κ3) is 5.65. The van der Waals surface area contributed by atoms with Crippen molar-refractivity contribution in [3.05, 3.63) is 47.2 Å². The minimum atomic E-state index is -3.66. The number of benzene rings is 1. The number of sulfonamides is 1. The highest BCUT2D eigenvalue weighted by atomic mass is 32.2. The summed E-state index contributed by atoms with van der Waals surface area (Å²) in [4.78, 5) is 22.6. The second-order valence-corrected chi connectivity index (χ2v) is 7.84.